The quantitative estimate of drug-likeness (QED) is 0.850. The van der Waals surface area contributed by atoms with Crippen LogP contribution in [0, 0.1) is 0 Å². The number of nitrogens with zero attached hydrogens (tertiary/aromatic N) is 4. The monoisotopic (exact) mass is 261 g/mol. The molecule has 2 rings (SSSR count). The number of anilines is 1. The predicted molar refractivity (Wildman–Crippen MR) is 69.5 cm³/mol. The summed E-state index contributed by atoms with van der Waals surface area (Å²) in [5.41, 5.74) is 0. The Morgan fingerprint density at radius 3 is 2.74 bits per heavy atom. The molecule has 0 saturated carbocycles. The van der Waals surface area contributed by atoms with Crippen LogP contribution in [0.25, 0.3) is 0 Å². The summed E-state index contributed by atoms with van der Waals surface area (Å²) in [4.78, 5) is 16.2. The summed E-state index contributed by atoms with van der Waals surface area (Å²) in [7, 11) is 1.49. The highest BCUT2D eigenvalue weighted by Crippen LogP contribution is 2.19. The van der Waals surface area contributed by atoms with Crippen molar-refractivity contribution in [3.63, 3.8) is 0 Å². The maximum absolute atomic E-state index is 5.50. The number of hydrogen-bond acceptors (Lipinski definition) is 7. The molecule has 0 atom stereocenters. The second-order valence-corrected chi connectivity index (χ2v) is 3.65. The van der Waals surface area contributed by atoms with E-state index in [1.165, 1.54) is 7.11 Å². The molecular formula is C12H15N5O2. The van der Waals surface area contributed by atoms with E-state index in [2.05, 4.69) is 32.2 Å². The van der Waals surface area contributed by atoms with E-state index in [1.807, 2.05) is 0 Å². The van der Waals surface area contributed by atoms with Crippen LogP contribution in [0.3, 0.4) is 0 Å². The van der Waals surface area contributed by atoms with Gasteiger partial charge in [-0.2, -0.15) is 9.97 Å². The first-order chi connectivity index (χ1) is 9.31. The highest BCUT2D eigenvalue weighted by Gasteiger charge is 2.08. The molecule has 7 heteroatoms. The van der Waals surface area contributed by atoms with Crippen LogP contribution in [-0.2, 0) is 0 Å². The van der Waals surface area contributed by atoms with Gasteiger partial charge in [0.25, 0.3) is 0 Å². The lowest BCUT2D eigenvalue weighted by Crippen LogP contribution is -2.07. The molecule has 0 aliphatic heterocycles. The summed E-state index contributed by atoms with van der Waals surface area (Å²) in [5, 5.41) is 3.06. The van der Waals surface area contributed by atoms with Gasteiger partial charge < -0.3 is 14.8 Å². The molecule has 0 spiro atoms. The fourth-order valence-electron chi connectivity index (χ4n) is 1.30. The third-order valence-electron chi connectivity index (χ3n) is 2.15. The summed E-state index contributed by atoms with van der Waals surface area (Å²) < 4.78 is 10.5. The zero-order valence-electron chi connectivity index (χ0n) is 10.8. The average Bonchev–Trinajstić information content (AvgIpc) is 2.46. The van der Waals surface area contributed by atoms with E-state index in [-0.39, 0.29) is 12.0 Å². The number of ether oxygens (including phenoxy) is 2. The molecule has 0 fully saturated rings. The van der Waals surface area contributed by atoms with Crippen molar-refractivity contribution in [1.82, 2.24) is 19.9 Å². The second-order valence-electron chi connectivity index (χ2n) is 3.65. The molecule has 0 radical (unpaired) electrons. The largest absolute Gasteiger partial charge is 0.467 e. The van der Waals surface area contributed by atoms with Crippen molar-refractivity contribution >= 4 is 5.95 Å². The summed E-state index contributed by atoms with van der Waals surface area (Å²) in [6, 6.07) is 3.90. The Labute approximate surface area is 111 Å². The van der Waals surface area contributed by atoms with Gasteiger partial charge in [-0.25, -0.2) is 0 Å². The van der Waals surface area contributed by atoms with Crippen molar-refractivity contribution in [3.05, 3.63) is 24.5 Å². The normalized spacial score (nSPS) is 10.0. The van der Waals surface area contributed by atoms with E-state index >= 15 is 0 Å². The number of nitrogens with one attached hydrogen (secondary N) is 1. The van der Waals surface area contributed by atoms with Crippen LogP contribution in [0.15, 0.2) is 24.5 Å². The molecule has 2 aromatic rings. The maximum atomic E-state index is 5.50. The molecule has 0 saturated heterocycles. The number of methoxy groups -OCH3 is 1. The van der Waals surface area contributed by atoms with Crippen molar-refractivity contribution in [2.75, 3.05) is 19.0 Å². The van der Waals surface area contributed by atoms with E-state index in [0.717, 1.165) is 13.0 Å². The van der Waals surface area contributed by atoms with Gasteiger partial charge >= 0.3 is 12.0 Å². The molecule has 100 valence electrons. The topological polar surface area (TPSA) is 82.1 Å². The highest BCUT2D eigenvalue weighted by molar-refractivity contribution is 5.29. The third-order valence-corrected chi connectivity index (χ3v) is 2.15. The van der Waals surface area contributed by atoms with Gasteiger partial charge in [0.1, 0.15) is 5.75 Å². The number of pyridine rings is 1. The van der Waals surface area contributed by atoms with E-state index in [0.29, 0.717) is 11.7 Å². The molecule has 2 heterocycles. The standard InChI is InChI=1S/C12H15N5O2/c1-3-6-14-10-15-11(18-2)17-12(16-10)19-9-5-4-7-13-8-9/h4-5,7-8H,3,6H2,1-2H3,(H,14,15,16,17). The first kappa shape index (κ1) is 13.0. The summed E-state index contributed by atoms with van der Waals surface area (Å²) in [5.74, 6) is 0.977. The Morgan fingerprint density at radius 2 is 2.05 bits per heavy atom. The van der Waals surface area contributed by atoms with Crippen molar-refractivity contribution in [2.24, 2.45) is 0 Å². The molecule has 0 bridgehead atoms. The smallest absolute Gasteiger partial charge is 0.330 e. The second kappa shape index (κ2) is 6.48. The van der Waals surface area contributed by atoms with E-state index in [9.17, 15) is 0 Å². The minimum absolute atomic E-state index is 0.165. The van der Waals surface area contributed by atoms with E-state index in [1.54, 1.807) is 24.5 Å². The first-order valence-corrected chi connectivity index (χ1v) is 5.93. The molecular weight excluding hydrogens is 246 g/mol. The Balaban J connectivity index is 2.19. The molecule has 0 unspecified atom stereocenters. The zero-order chi connectivity index (χ0) is 13.5. The van der Waals surface area contributed by atoms with Crippen LogP contribution in [0.1, 0.15) is 13.3 Å². The lowest BCUT2D eigenvalue weighted by molar-refractivity contribution is 0.360. The van der Waals surface area contributed by atoms with Gasteiger partial charge in [-0.05, 0) is 18.6 Å². The molecule has 0 aliphatic rings. The summed E-state index contributed by atoms with van der Waals surface area (Å²) >= 11 is 0. The summed E-state index contributed by atoms with van der Waals surface area (Å²) in [6.45, 7) is 2.82. The zero-order valence-corrected chi connectivity index (χ0v) is 10.8. The number of rotatable bonds is 6. The van der Waals surface area contributed by atoms with Gasteiger partial charge in [0.05, 0.1) is 13.3 Å². The SMILES string of the molecule is CCCNc1nc(OC)nc(Oc2cccnc2)n1. The van der Waals surface area contributed by atoms with Crippen molar-refractivity contribution in [3.8, 4) is 17.8 Å². The fourth-order valence-corrected chi connectivity index (χ4v) is 1.30. The Hall–Kier alpha value is -2.44. The van der Waals surface area contributed by atoms with Crippen molar-refractivity contribution in [2.45, 2.75) is 13.3 Å². The van der Waals surface area contributed by atoms with Gasteiger partial charge in [-0.1, -0.05) is 6.92 Å². The highest BCUT2D eigenvalue weighted by atomic mass is 16.5. The van der Waals surface area contributed by atoms with Crippen LogP contribution < -0.4 is 14.8 Å². The van der Waals surface area contributed by atoms with Crippen molar-refractivity contribution < 1.29 is 9.47 Å². The van der Waals surface area contributed by atoms with Crippen LogP contribution in [0.4, 0.5) is 5.95 Å². The lowest BCUT2D eigenvalue weighted by Gasteiger charge is -2.07. The fraction of sp³-hybridized carbons (Fsp3) is 0.333. The number of aromatic nitrogens is 4. The number of hydrogen-bond donors (Lipinski definition) is 1. The molecule has 0 amide bonds. The molecule has 19 heavy (non-hydrogen) atoms. The lowest BCUT2D eigenvalue weighted by atomic mass is 10.5. The van der Waals surface area contributed by atoms with Gasteiger partial charge in [-0.15, -0.1) is 4.98 Å². The minimum Gasteiger partial charge on any atom is -0.467 e. The van der Waals surface area contributed by atoms with Gasteiger partial charge in [-0.3, -0.25) is 4.98 Å². The molecule has 1 N–H and O–H groups in total. The van der Waals surface area contributed by atoms with Gasteiger partial charge in [0.2, 0.25) is 5.95 Å². The van der Waals surface area contributed by atoms with Crippen LogP contribution in [-0.4, -0.2) is 33.6 Å². The van der Waals surface area contributed by atoms with Crippen LogP contribution in [0.2, 0.25) is 0 Å². The first-order valence-electron chi connectivity index (χ1n) is 5.93. The molecule has 0 aliphatic carbocycles. The Bertz CT molecular complexity index is 521. The van der Waals surface area contributed by atoms with E-state index in [4.69, 9.17) is 9.47 Å². The van der Waals surface area contributed by atoms with Crippen molar-refractivity contribution in [1.29, 1.82) is 0 Å². The van der Waals surface area contributed by atoms with E-state index < -0.39 is 0 Å². The minimum atomic E-state index is 0.165. The van der Waals surface area contributed by atoms with Gasteiger partial charge in [0, 0.05) is 12.7 Å². The predicted octanol–water partition coefficient (Wildman–Crippen LogP) is 1.89. The molecule has 0 aromatic carbocycles. The third kappa shape index (κ3) is 3.77. The average molecular weight is 261 g/mol. The Kier molecular flexibility index (Phi) is 4.44. The van der Waals surface area contributed by atoms with Crippen LogP contribution in [0.5, 0.6) is 17.8 Å². The molecule has 2 aromatic heterocycles. The van der Waals surface area contributed by atoms with Gasteiger partial charge in [0.15, 0.2) is 0 Å². The summed E-state index contributed by atoms with van der Waals surface area (Å²) in [6.07, 6.45) is 4.21. The Morgan fingerprint density at radius 1 is 1.21 bits per heavy atom. The maximum Gasteiger partial charge on any atom is 0.330 e. The van der Waals surface area contributed by atoms with Crippen LogP contribution >= 0.6 is 0 Å². The molecule has 7 nitrogen and oxygen atoms in total.